The number of hydrogen-bond donors (Lipinski definition) is 1. The predicted molar refractivity (Wildman–Crippen MR) is 111 cm³/mol. The molecule has 3 aromatic heterocycles. The summed E-state index contributed by atoms with van der Waals surface area (Å²) in [5.41, 5.74) is 0.729. The summed E-state index contributed by atoms with van der Waals surface area (Å²) in [4.78, 5) is 34.1. The average Bonchev–Trinajstić information content (AvgIpc) is 3.14. The Balaban J connectivity index is 1.48. The number of amides is 1. The molecule has 0 aliphatic heterocycles. The van der Waals surface area contributed by atoms with Crippen molar-refractivity contribution < 1.29 is 18.0 Å². The number of aromatic nitrogens is 3. The van der Waals surface area contributed by atoms with E-state index in [0.29, 0.717) is 17.6 Å². The van der Waals surface area contributed by atoms with Crippen LogP contribution >= 0.6 is 11.3 Å². The first-order valence-corrected chi connectivity index (χ1v) is 9.92. The number of halogens is 3. The molecule has 4 rings (SSSR count). The zero-order valence-corrected chi connectivity index (χ0v) is 16.9. The van der Waals surface area contributed by atoms with Crippen LogP contribution in [0.15, 0.2) is 59.8 Å². The lowest BCUT2D eigenvalue weighted by molar-refractivity contribution is -0.137. The molecule has 3 heterocycles. The highest BCUT2D eigenvalue weighted by Gasteiger charge is 2.29. The predicted octanol–water partition coefficient (Wildman–Crippen LogP) is 4.32. The molecule has 0 aliphatic rings. The van der Waals surface area contributed by atoms with Crippen molar-refractivity contribution in [2.45, 2.75) is 19.5 Å². The molecule has 158 valence electrons. The summed E-state index contributed by atoms with van der Waals surface area (Å²) in [6.45, 7) is 1.87. The Morgan fingerprint density at radius 1 is 1.13 bits per heavy atom. The molecule has 1 aromatic carbocycles. The second-order valence-corrected chi connectivity index (χ2v) is 7.98. The van der Waals surface area contributed by atoms with E-state index < -0.39 is 23.2 Å². The molecular formula is C21H15F3N4O2S. The van der Waals surface area contributed by atoms with Crippen molar-refractivity contribution in [3.63, 3.8) is 0 Å². The number of hydrogen-bond acceptors (Lipinski definition) is 5. The molecular weight excluding hydrogens is 429 g/mol. The minimum absolute atomic E-state index is 0.124. The van der Waals surface area contributed by atoms with Crippen LogP contribution in [0.25, 0.3) is 5.65 Å². The Morgan fingerprint density at radius 2 is 1.87 bits per heavy atom. The fourth-order valence-corrected chi connectivity index (χ4v) is 3.80. The number of thiazole rings is 1. The average molecular weight is 444 g/mol. The topological polar surface area (TPSA) is 76.4 Å². The highest BCUT2D eigenvalue weighted by Crippen LogP contribution is 2.30. The van der Waals surface area contributed by atoms with Crippen molar-refractivity contribution in [2.24, 2.45) is 0 Å². The molecule has 10 heteroatoms. The van der Waals surface area contributed by atoms with E-state index >= 15 is 0 Å². The Kier molecular flexibility index (Phi) is 5.32. The Hall–Kier alpha value is -3.53. The van der Waals surface area contributed by atoms with Crippen molar-refractivity contribution in [3.8, 4) is 0 Å². The molecule has 1 amide bonds. The quantitative estimate of drug-likeness (QED) is 0.509. The summed E-state index contributed by atoms with van der Waals surface area (Å²) in [6.07, 6.45) is 0.304. The van der Waals surface area contributed by atoms with Gasteiger partial charge in [0.15, 0.2) is 5.13 Å². The lowest BCUT2D eigenvalue weighted by Gasteiger charge is -2.07. The lowest BCUT2D eigenvalue weighted by atomic mass is 10.1. The normalized spacial score (nSPS) is 11.6. The number of aryl methyl sites for hydroxylation is 1. The monoisotopic (exact) mass is 444 g/mol. The first-order valence-electron chi connectivity index (χ1n) is 9.11. The van der Waals surface area contributed by atoms with Crippen LogP contribution in [0, 0.1) is 6.92 Å². The zero-order valence-electron chi connectivity index (χ0n) is 16.1. The maximum Gasteiger partial charge on any atom is 0.416 e. The van der Waals surface area contributed by atoms with Crippen LogP contribution < -0.4 is 10.9 Å². The van der Waals surface area contributed by atoms with Gasteiger partial charge in [0.1, 0.15) is 11.2 Å². The second-order valence-electron chi connectivity index (χ2n) is 6.87. The Labute approximate surface area is 178 Å². The van der Waals surface area contributed by atoms with E-state index in [-0.39, 0.29) is 10.7 Å². The van der Waals surface area contributed by atoms with E-state index in [9.17, 15) is 22.8 Å². The molecule has 6 nitrogen and oxygen atoms in total. The standard InChI is InChI=1S/C21H15F3N4O2S/c1-12-6-7-28-17(8-12)25-11-16(19(28)30)18(29)27-20-26-10-15(31-20)9-13-2-4-14(5-3-13)21(22,23)24/h2-8,10-11H,9H2,1H3,(H,26,27,29). The number of rotatable bonds is 4. The van der Waals surface area contributed by atoms with Crippen LogP contribution in [0.1, 0.15) is 31.9 Å². The van der Waals surface area contributed by atoms with Crippen molar-refractivity contribution in [2.75, 3.05) is 5.32 Å². The van der Waals surface area contributed by atoms with Gasteiger partial charge < -0.3 is 0 Å². The SMILES string of the molecule is Cc1ccn2c(=O)c(C(=O)Nc3ncc(Cc4ccc(C(F)(F)F)cc4)s3)cnc2c1. The van der Waals surface area contributed by atoms with Gasteiger partial charge in [-0.3, -0.25) is 19.3 Å². The second kappa shape index (κ2) is 7.95. The third-order valence-corrected chi connectivity index (χ3v) is 5.46. The number of carbonyl (C=O) groups is 1. The van der Waals surface area contributed by atoms with E-state index in [1.54, 1.807) is 18.3 Å². The number of benzene rings is 1. The third kappa shape index (κ3) is 4.48. The van der Waals surface area contributed by atoms with Gasteiger partial charge in [-0.1, -0.05) is 12.1 Å². The molecule has 0 spiro atoms. The van der Waals surface area contributed by atoms with Crippen LogP contribution in [0.2, 0.25) is 0 Å². The van der Waals surface area contributed by atoms with Crippen LogP contribution in [-0.4, -0.2) is 20.3 Å². The Morgan fingerprint density at radius 3 is 2.58 bits per heavy atom. The number of pyridine rings is 1. The van der Waals surface area contributed by atoms with Crippen molar-refractivity contribution in [1.82, 2.24) is 14.4 Å². The first-order chi connectivity index (χ1) is 14.7. The van der Waals surface area contributed by atoms with Gasteiger partial charge in [0.05, 0.1) is 5.56 Å². The molecule has 0 bridgehead atoms. The maximum atomic E-state index is 12.7. The fourth-order valence-electron chi connectivity index (χ4n) is 2.96. The summed E-state index contributed by atoms with van der Waals surface area (Å²) in [5.74, 6) is -0.636. The third-order valence-electron chi connectivity index (χ3n) is 4.54. The summed E-state index contributed by atoms with van der Waals surface area (Å²) in [7, 11) is 0. The molecule has 0 saturated carbocycles. The largest absolute Gasteiger partial charge is 0.416 e. The number of fused-ring (bicyclic) bond motifs is 1. The molecule has 31 heavy (non-hydrogen) atoms. The number of nitrogens with one attached hydrogen (secondary N) is 1. The minimum atomic E-state index is -4.38. The van der Waals surface area contributed by atoms with Crippen molar-refractivity contribution in [3.05, 3.63) is 92.5 Å². The van der Waals surface area contributed by atoms with Gasteiger partial charge in [-0.15, -0.1) is 11.3 Å². The zero-order chi connectivity index (χ0) is 22.2. The molecule has 4 aromatic rings. The smallest absolute Gasteiger partial charge is 0.298 e. The van der Waals surface area contributed by atoms with Crippen molar-refractivity contribution in [1.29, 1.82) is 0 Å². The van der Waals surface area contributed by atoms with Gasteiger partial charge in [-0.2, -0.15) is 13.2 Å². The summed E-state index contributed by atoms with van der Waals surface area (Å²) >= 11 is 1.18. The number of anilines is 1. The van der Waals surface area contributed by atoms with E-state index in [2.05, 4.69) is 15.3 Å². The van der Waals surface area contributed by atoms with Crippen molar-refractivity contribution >= 4 is 28.0 Å². The van der Waals surface area contributed by atoms with Gasteiger partial charge in [0.2, 0.25) is 0 Å². The molecule has 0 fully saturated rings. The van der Waals surface area contributed by atoms with Gasteiger partial charge in [0, 0.05) is 29.9 Å². The summed E-state index contributed by atoms with van der Waals surface area (Å²) < 4.78 is 39.3. The summed E-state index contributed by atoms with van der Waals surface area (Å²) in [5, 5.41) is 2.85. The van der Waals surface area contributed by atoms with E-state index in [1.807, 2.05) is 6.92 Å². The minimum Gasteiger partial charge on any atom is -0.298 e. The number of carbonyl (C=O) groups excluding carboxylic acids is 1. The van der Waals surface area contributed by atoms with Crippen LogP contribution in [0.3, 0.4) is 0 Å². The molecule has 0 aliphatic carbocycles. The number of nitrogens with zero attached hydrogens (tertiary/aromatic N) is 3. The van der Waals surface area contributed by atoms with Crippen LogP contribution in [0.4, 0.5) is 18.3 Å². The van der Waals surface area contributed by atoms with Gasteiger partial charge >= 0.3 is 6.18 Å². The molecule has 0 atom stereocenters. The molecule has 0 saturated heterocycles. The van der Waals surface area contributed by atoms with E-state index in [4.69, 9.17) is 0 Å². The highest BCUT2D eigenvalue weighted by atomic mass is 32.1. The maximum absolute atomic E-state index is 12.7. The highest BCUT2D eigenvalue weighted by molar-refractivity contribution is 7.15. The van der Waals surface area contributed by atoms with Crippen LogP contribution in [0.5, 0.6) is 0 Å². The Bertz CT molecular complexity index is 1330. The van der Waals surface area contributed by atoms with Gasteiger partial charge in [0.25, 0.3) is 11.5 Å². The fraction of sp³-hybridized carbons (Fsp3) is 0.143. The van der Waals surface area contributed by atoms with Gasteiger partial charge in [-0.25, -0.2) is 9.97 Å². The van der Waals surface area contributed by atoms with E-state index in [1.165, 1.54) is 40.3 Å². The van der Waals surface area contributed by atoms with Gasteiger partial charge in [-0.05, 0) is 42.3 Å². The van der Waals surface area contributed by atoms with Crippen LogP contribution in [-0.2, 0) is 12.6 Å². The van der Waals surface area contributed by atoms with E-state index in [0.717, 1.165) is 22.6 Å². The lowest BCUT2D eigenvalue weighted by Crippen LogP contribution is -2.26. The molecule has 0 unspecified atom stereocenters. The molecule has 0 radical (unpaired) electrons. The summed E-state index contributed by atoms with van der Waals surface area (Å²) in [6, 6.07) is 8.35. The first kappa shape index (κ1) is 20.7. The molecule has 1 N–H and O–H groups in total. The number of alkyl halides is 3.